The van der Waals surface area contributed by atoms with Gasteiger partial charge in [0.15, 0.2) is 0 Å². The van der Waals surface area contributed by atoms with E-state index in [1.807, 2.05) is 18.2 Å². The van der Waals surface area contributed by atoms with Crippen LogP contribution >= 0.6 is 0 Å². The SMILES string of the molecule is CN1CCC(C(=O)Nc2c[nH]c3ccc(-c4cnn(-c5ccc(C(F)(F)F)cc5)c4)cc23)CC1=O. The molecule has 1 aliphatic heterocycles. The summed E-state index contributed by atoms with van der Waals surface area (Å²) in [6.07, 6.45) is 1.50. The topological polar surface area (TPSA) is 83.0 Å². The number of aromatic nitrogens is 3. The summed E-state index contributed by atoms with van der Waals surface area (Å²) < 4.78 is 40.0. The Balaban J connectivity index is 1.37. The van der Waals surface area contributed by atoms with Crippen LogP contribution in [0.3, 0.4) is 0 Å². The number of nitrogens with one attached hydrogen (secondary N) is 2. The van der Waals surface area contributed by atoms with Crippen molar-refractivity contribution in [3.05, 3.63) is 66.6 Å². The van der Waals surface area contributed by atoms with Crippen molar-refractivity contribution in [2.45, 2.75) is 19.0 Å². The molecule has 5 rings (SSSR count). The Morgan fingerprint density at radius 3 is 2.63 bits per heavy atom. The van der Waals surface area contributed by atoms with E-state index in [4.69, 9.17) is 0 Å². The van der Waals surface area contributed by atoms with Crippen LogP contribution in [0.25, 0.3) is 27.7 Å². The van der Waals surface area contributed by atoms with E-state index in [1.54, 1.807) is 30.5 Å². The summed E-state index contributed by atoms with van der Waals surface area (Å²) in [6, 6.07) is 10.5. The van der Waals surface area contributed by atoms with E-state index in [2.05, 4.69) is 15.4 Å². The van der Waals surface area contributed by atoms with Gasteiger partial charge in [-0.2, -0.15) is 18.3 Å². The van der Waals surface area contributed by atoms with E-state index < -0.39 is 11.7 Å². The molecule has 2 aromatic heterocycles. The number of hydrogen-bond acceptors (Lipinski definition) is 3. The van der Waals surface area contributed by atoms with Crippen LogP contribution in [0.1, 0.15) is 18.4 Å². The Morgan fingerprint density at radius 2 is 1.91 bits per heavy atom. The van der Waals surface area contributed by atoms with Crippen LogP contribution in [0, 0.1) is 5.92 Å². The maximum absolute atomic E-state index is 12.8. The second-order valence-corrected chi connectivity index (χ2v) is 8.68. The number of carbonyl (C=O) groups excluding carboxylic acids is 2. The first-order valence-electron chi connectivity index (χ1n) is 11.1. The number of rotatable bonds is 4. The zero-order chi connectivity index (χ0) is 24.7. The molecule has 2 N–H and O–H groups in total. The number of H-pyrrole nitrogens is 1. The molecule has 0 radical (unpaired) electrons. The molecule has 0 bridgehead atoms. The molecular formula is C25H22F3N5O2. The largest absolute Gasteiger partial charge is 0.416 e. The molecule has 180 valence electrons. The third-order valence-electron chi connectivity index (χ3n) is 6.35. The number of fused-ring (bicyclic) bond motifs is 1. The Hall–Kier alpha value is -4.08. The predicted octanol–water partition coefficient (Wildman–Crippen LogP) is 4.85. The Bertz CT molecular complexity index is 1400. The second-order valence-electron chi connectivity index (χ2n) is 8.68. The zero-order valence-corrected chi connectivity index (χ0v) is 18.8. The molecule has 2 aromatic carbocycles. The van der Waals surface area contributed by atoms with Crippen LogP contribution in [-0.4, -0.2) is 45.1 Å². The number of nitrogens with zero attached hydrogens (tertiary/aromatic N) is 3. The molecule has 1 aliphatic rings. The molecule has 3 heterocycles. The Morgan fingerprint density at radius 1 is 1.14 bits per heavy atom. The van der Waals surface area contributed by atoms with E-state index >= 15 is 0 Å². The van der Waals surface area contributed by atoms with E-state index in [9.17, 15) is 22.8 Å². The summed E-state index contributed by atoms with van der Waals surface area (Å²) in [5, 5.41) is 8.04. The van der Waals surface area contributed by atoms with Crippen LogP contribution in [0.4, 0.5) is 18.9 Å². The summed E-state index contributed by atoms with van der Waals surface area (Å²) in [5.74, 6) is -0.593. The molecule has 10 heteroatoms. The third kappa shape index (κ3) is 4.51. The average Bonchev–Trinajstić information content (AvgIpc) is 3.48. The van der Waals surface area contributed by atoms with E-state index in [1.165, 1.54) is 16.8 Å². The van der Waals surface area contributed by atoms with Gasteiger partial charge in [-0.05, 0) is 48.4 Å². The van der Waals surface area contributed by atoms with Gasteiger partial charge in [-0.3, -0.25) is 9.59 Å². The van der Waals surface area contributed by atoms with Crippen molar-refractivity contribution >= 4 is 28.4 Å². The van der Waals surface area contributed by atoms with Crippen molar-refractivity contribution in [2.24, 2.45) is 5.92 Å². The molecule has 0 aliphatic carbocycles. The second kappa shape index (κ2) is 8.61. The smallest absolute Gasteiger partial charge is 0.359 e. The molecular weight excluding hydrogens is 459 g/mol. The van der Waals surface area contributed by atoms with Crippen molar-refractivity contribution in [3.8, 4) is 16.8 Å². The standard InChI is InChI=1S/C25H22F3N5O2/c1-32-9-8-16(11-23(32)34)24(35)31-22-13-29-21-7-2-15(10-20(21)22)17-12-30-33(14-17)19-5-3-18(4-6-19)25(26,27)28/h2-7,10,12-14,16,29H,8-9,11H2,1H3,(H,31,35). The van der Waals surface area contributed by atoms with Gasteiger partial charge in [0.2, 0.25) is 11.8 Å². The minimum absolute atomic E-state index is 0.0392. The van der Waals surface area contributed by atoms with Gasteiger partial charge < -0.3 is 15.2 Å². The number of benzene rings is 2. The highest BCUT2D eigenvalue weighted by Crippen LogP contribution is 2.32. The number of aromatic amines is 1. The van der Waals surface area contributed by atoms with Crippen molar-refractivity contribution in [2.75, 3.05) is 18.9 Å². The molecule has 2 amide bonds. The fourth-order valence-corrected chi connectivity index (χ4v) is 4.22. The number of anilines is 1. The van der Waals surface area contributed by atoms with Gasteiger partial charge in [-0.25, -0.2) is 4.68 Å². The third-order valence-corrected chi connectivity index (χ3v) is 6.35. The van der Waals surface area contributed by atoms with Crippen LogP contribution in [0.5, 0.6) is 0 Å². The monoisotopic (exact) mass is 481 g/mol. The highest BCUT2D eigenvalue weighted by molar-refractivity contribution is 6.04. The minimum atomic E-state index is -4.39. The summed E-state index contributed by atoms with van der Waals surface area (Å²) in [5.41, 5.74) is 2.84. The van der Waals surface area contributed by atoms with Gasteiger partial charge in [0, 0.05) is 54.8 Å². The van der Waals surface area contributed by atoms with Crippen LogP contribution < -0.4 is 5.32 Å². The highest BCUT2D eigenvalue weighted by atomic mass is 19.4. The van der Waals surface area contributed by atoms with E-state index in [-0.39, 0.29) is 24.2 Å². The van der Waals surface area contributed by atoms with Crippen LogP contribution in [0.2, 0.25) is 0 Å². The van der Waals surface area contributed by atoms with Gasteiger partial charge in [0.1, 0.15) is 0 Å². The quantitative estimate of drug-likeness (QED) is 0.437. The van der Waals surface area contributed by atoms with Gasteiger partial charge in [-0.1, -0.05) is 6.07 Å². The maximum Gasteiger partial charge on any atom is 0.416 e. The number of carbonyl (C=O) groups is 2. The first-order chi connectivity index (χ1) is 16.7. The number of alkyl halides is 3. The van der Waals surface area contributed by atoms with Crippen molar-refractivity contribution in [1.82, 2.24) is 19.7 Å². The maximum atomic E-state index is 12.8. The van der Waals surface area contributed by atoms with Crippen molar-refractivity contribution < 1.29 is 22.8 Å². The molecule has 1 atom stereocenters. The summed E-state index contributed by atoms with van der Waals surface area (Å²) in [6.45, 7) is 0.553. The van der Waals surface area contributed by atoms with Crippen LogP contribution in [-0.2, 0) is 15.8 Å². The highest BCUT2D eigenvalue weighted by Gasteiger charge is 2.30. The Kier molecular flexibility index (Phi) is 5.58. The lowest BCUT2D eigenvalue weighted by Gasteiger charge is -2.27. The zero-order valence-electron chi connectivity index (χ0n) is 18.8. The first kappa shape index (κ1) is 22.7. The summed E-state index contributed by atoms with van der Waals surface area (Å²) in [7, 11) is 1.73. The Labute approximate surface area is 198 Å². The first-order valence-corrected chi connectivity index (χ1v) is 11.1. The van der Waals surface area contributed by atoms with Gasteiger partial charge in [0.25, 0.3) is 0 Å². The number of likely N-dealkylation sites (tertiary alicyclic amines) is 1. The predicted molar refractivity (Wildman–Crippen MR) is 125 cm³/mol. The summed E-state index contributed by atoms with van der Waals surface area (Å²) >= 11 is 0. The number of hydrogen-bond donors (Lipinski definition) is 2. The lowest BCUT2D eigenvalue weighted by atomic mass is 9.95. The number of halogens is 3. The van der Waals surface area contributed by atoms with Gasteiger partial charge in [-0.15, -0.1) is 0 Å². The van der Waals surface area contributed by atoms with Crippen LogP contribution in [0.15, 0.2) is 61.1 Å². The fourth-order valence-electron chi connectivity index (χ4n) is 4.22. The molecule has 35 heavy (non-hydrogen) atoms. The average molecular weight is 481 g/mol. The molecule has 4 aromatic rings. The van der Waals surface area contributed by atoms with E-state index in [0.29, 0.717) is 24.3 Å². The normalized spacial score (nSPS) is 16.6. The molecule has 1 unspecified atom stereocenters. The molecule has 1 saturated heterocycles. The minimum Gasteiger partial charge on any atom is -0.359 e. The lowest BCUT2D eigenvalue weighted by molar-refractivity contribution is -0.137. The van der Waals surface area contributed by atoms with Gasteiger partial charge in [0.05, 0.1) is 23.1 Å². The number of amides is 2. The lowest BCUT2D eigenvalue weighted by Crippen LogP contribution is -2.39. The number of piperidine rings is 1. The summed E-state index contributed by atoms with van der Waals surface area (Å²) in [4.78, 5) is 29.5. The molecule has 0 spiro atoms. The molecule has 7 nitrogen and oxygen atoms in total. The molecule has 1 fully saturated rings. The van der Waals surface area contributed by atoms with Gasteiger partial charge >= 0.3 is 6.18 Å². The van der Waals surface area contributed by atoms with E-state index in [0.717, 1.165) is 34.2 Å². The molecule has 0 saturated carbocycles. The van der Waals surface area contributed by atoms with Crippen molar-refractivity contribution in [1.29, 1.82) is 0 Å². The fraction of sp³-hybridized carbons (Fsp3) is 0.240. The van der Waals surface area contributed by atoms with Crippen molar-refractivity contribution in [3.63, 3.8) is 0 Å².